The zero-order valence-electron chi connectivity index (χ0n) is 16.2. The Hall–Kier alpha value is -2.37. The standard InChI is InChI=1S/C20H18ClFN4O3S2/c1-26-18(20(27)24-13-5-6-15(22)14(21)9-13)10-17(25-31(26,28)29)19-8-12(11-30-19)16-4-2-3-7-23-16/h2-9,11,17-18,25H,10H2,1H3,(H,24,27)/t17-,18?/m1/s1. The lowest BCUT2D eigenvalue weighted by molar-refractivity contribution is -0.120. The third kappa shape index (κ3) is 4.63. The van der Waals surface area contributed by atoms with Gasteiger partial charge in [-0.3, -0.25) is 9.78 Å². The molecule has 1 saturated heterocycles. The number of hydrogen-bond donors (Lipinski definition) is 2. The maximum absolute atomic E-state index is 13.4. The van der Waals surface area contributed by atoms with Gasteiger partial charge < -0.3 is 5.32 Å². The zero-order chi connectivity index (χ0) is 22.2. The molecular weight excluding hydrogens is 463 g/mol. The van der Waals surface area contributed by atoms with E-state index < -0.39 is 34.0 Å². The minimum atomic E-state index is -3.89. The van der Waals surface area contributed by atoms with Crippen molar-refractivity contribution in [2.45, 2.75) is 18.5 Å². The van der Waals surface area contributed by atoms with Gasteiger partial charge in [0.1, 0.15) is 11.9 Å². The number of aromatic nitrogens is 1. The number of likely N-dealkylation sites (N-methyl/N-ethyl adjacent to an activating group) is 1. The molecule has 0 spiro atoms. The van der Waals surface area contributed by atoms with Crippen LogP contribution < -0.4 is 10.0 Å². The molecule has 0 bridgehead atoms. The predicted octanol–water partition coefficient (Wildman–Crippen LogP) is 3.82. The third-order valence-corrected chi connectivity index (χ3v) is 7.91. The van der Waals surface area contributed by atoms with E-state index in [0.29, 0.717) is 0 Å². The first-order valence-corrected chi connectivity index (χ1v) is 12.0. The topological polar surface area (TPSA) is 91.4 Å². The Kier molecular flexibility index (Phi) is 6.09. The summed E-state index contributed by atoms with van der Waals surface area (Å²) in [5.41, 5.74) is 1.94. The number of pyridine rings is 1. The van der Waals surface area contributed by atoms with E-state index in [4.69, 9.17) is 11.6 Å². The smallest absolute Gasteiger partial charge is 0.280 e. The molecule has 7 nitrogen and oxygen atoms in total. The number of thiophene rings is 1. The van der Waals surface area contributed by atoms with E-state index in [1.54, 1.807) is 6.20 Å². The minimum Gasteiger partial charge on any atom is -0.325 e. The van der Waals surface area contributed by atoms with E-state index in [1.807, 2.05) is 29.6 Å². The normalized spacial score (nSPS) is 21.0. The van der Waals surface area contributed by atoms with Crippen molar-refractivity contribution >= 4 is 44.7 Å². The van der Waals surface area contributed by atoms with Gasteiger partial charge in [0.2, 0.25) is 5.91 Å². The molecule has 1 aromatic carbocycles. The average molecular weight is 481 g/mol. The summed E-state index contributed by atoms with van der Waals surface area (Å²) in [7, 11) is -2.55. The molecule has 1 unspecified atom stereocenters. The van der Waals surface area contributed by atoms with Crippen LogP contribution in [0.3, 0.4) is 0 Å². The first-order chi connectivity index (χ1) is 14.7. The van der Waals surface area contributed by atoms with E-state index in [9.17, 15) is 17.6 Å². The van der Waals surface area contributed by atoms with Crippen LogP contribution in [0.25, 0.3) is 11.3 Å². The molecule has 31 heavy (non-hydrogen) atoms. The van der Waals surface area contributed by atoms with Crippen LogP contribution in [0.2, 0.25) is 5.02 Å². The Morgan fingerprint density at radius 2 is 2.13 bits per heavy atom. The van der Waals surface area contributed by atoms with Gasteiger partial charge in [-0.15, -0.1) is 11.3 Å². The van der Waals surface area contributed by atoms with Crippen molar-refractivity contribution in [2.24, 2.45) is 0 Å². The number of hydrogen-bond acceptors (Lipinski definition) is 5. The van der Waals surface area contributed by atoms with Gasteiger partial charge in [0.05, 0.1) is 16.8 Å². The molecule has 0 aliphatic carbocycles. The van der Waals surface area contributed by atoms with Crippen molar-refractivity contribution in [2.75, 3.05) is 12.4 Å². The molecule has 0 saturated carbocycles. The van der Waals surface area contributed by atoms with E-state index in [2.05, 4.69) is 15.0 Å². The maximum Gasteiger partial charge on any atom is 0.280 e. The van der Waals surface area contributed by atoms with Crippen LogP contribution in [-0.2, 0) is 15.0 Å². The molecule has 1 amide bonds. The number of amides is 1. The van der Waals surface area contributed by atoms with Crippen molar-refractivity contribution in [1.82, 2.24) is 14.0 Å². The van der Waals surface area contributed by atoms with Crippen molar-refractivity contribution in [1.29, 1.82) is 0 Å². The minimum absolute atomic E-state index is 0.136. The number of rotatable bonds is 4. The first kappa shape index (κ1) is 21.8. The van der Waals surface area contributed by atoms with Crippen molar-refractivity contribution in [3.63, 3.8) is 0 Å². The molecule has 2 atom stereocenters. The largest absolute Gasteiger partial charge is 0.325 e. The van der Waals surface area contributed by atoms with E-state index in [-0.39, 0.29) is 17.1 Å². The number of halogens is 2. The van der Waals surface area contributed by atoms with E-state index in [0.717, 1.165) is 26.5 Å². The molecule has 1 aliphatic heterocycles. The van der Waals surface area contributed by atoms with E-state index in [1.165, 1.54) is 30.5 Å². The van der Waals surface area contributed by atoms with Gasteiger partial charge in [-0.05, 0) is 42.8 Å². The molecule has 3 heterocycles. The second kappa shape index (κ2) is 8.64. The van der Waals surface area contributed by atoms with Gasteiger partial charge in [-0.2, -0.15) is 17.4 Å². The van der Waals surface area contributed by atoms with Crippen LogP contribution in [0, 0.1) is 5.82 Å². The summed E-state index contributed by atoms with van der Waals surface area (Å²) in [4.78, 5) is 18.0. The van der Waals surface area contributed by atoms with Crippen molar-refractivity contribution < 1.29 is 17.6 Å². The Labute approximate surface area is 188 Å². The number of carbonyl (C=O) groups excluding carboxylic acids is 1. The lowest BCUT2D eigenvalue weighted by Gasteiger charge is -2.35. The lowest BCUT2D eigenvalue weighted by atomic mass is 10.0. The fraction of sp³-hybridized carbons (Fsp3) is 0.200. The van der Waals surface area contributed by atoms with Gasteiger partial charge >= 0.3 is 0 Å². The van der Waals surface area contributed by atoms with Gasteiger partial charge in [0, 0.05) is 34.8 Å². The third-order valence-electron chi connectivity index (χ3n) is 4.98. The van der Waals surface area contributed by atoms with Crippen LogP contribution in [0.15, 0.2) is 54.0 Å². The lowest BCUT2D eigenvalue weighted by Crippen LogP contribution is -2.55. The summed E-state index contributed by atoms with van der Waals surface area (Å²) >= 11 is 7.16. The number of anilines is 1. The number of benzene rings is 1. The zero-order valence-corrected chi connectivity index (χ0v) is 18.6. The van der Waals surface area contributed by atoms with Crippen LogP contribution in [0.4, 0.5) is 10.1 Å². The number of carbonyl (C=O) groups is 1. The highest BCUT2D eigenvalue weighted by Crippen LogP contribution is 2.34. The molecule has 1 fully saturated rings. The Morgan fingerprint density at radius 3 is 2.84 bits per heavy atom. The molecule has 2 aromatic heterocycles. The van der Waals surface area contributed by atoms with Gasteiger partial charge in [0.15, 0.2) is 0 Å². The predicted molar refractivity (Wildman–Crippen MR) is 119 cm³/mol. The highest BCUT2D eigenvalue weighted by atomic mass is 35.5. The summed E-state index contributed by atoms with van der Waals surface area (Å²) in [6, 6.07) is 9.69. The summed E-state index contributed by atoms with van der Waals surface area (Å²) in [6.07, 6.45) is 1.91. The van der Waals surface area contributed by atoms with Crippen LogP contribution in [-0.4, -0.2) is 36.7 Å². The molecule has 2 N–H and O–H groups in total. The first-order valence-electron chi connectivity index (χ1n) is 9.25. The van der Waals surface area contributed by atoms with Crippen LogP contribution in [0.1, 0.15) is 17.3 Å². The quantitative estimate of drug-likeness (QED) is 0.593. The fourth-order valence-electron chi connectivity index (χ4n) is 3.30. The second-order valence-corrected chi connectivity index (χ2v) is 10.1. The van der Waals surface area contributed by atoms with Gasteiger partial charge in [-0.25, -0.2) is 4.39 Å². The molecular formula is C20H18ClFN4O3S2. The summed E-state index contributed by atoms with van der Waals surface area (Å²) < 4.78 is 42.3. The summed E-state index contributed by atoms with van der Waals surface area (Å²) in [6.45, 7) is 0. The van der Waals surface area contributed by atoms with Crippen molar-refractivity contribution in [3.8, 4) is 11.3 Å². The molecule has 162 valence electrons. The molecule has 3 aromatic rings. The number of nitrogens with zero attached hydrogens (tertiary/aromatic N) is 2. The second-order valence-electron chi connectivity index (χ2n) is 7.01. The Balaban J connectivity index is 1.57. The van der Waals surface area contributed by atoms with E-state index >= 15 is 0 Å². The number of nitrogens with one attached hydrogen (secondary N) is 2. The maximum atomic E-state index is 13.4. The Bertz CT molecular complexity index is 1220. The molecule has 1 aliphatic rings. The molecule has 4 rings (SSSR count). The van der Waals surface area contributed by atoms with Gasteiger partial charge in [0.25, 0.3) is 10.2 Å². The van der Waals surface area contributed by atoms with Crippen molar-refractivity contribution in [3.05, 3.63) is 69.8 Å². The van der Waals surface area contributed by atoms with Crippen LogP contribution in [0.5, 0.6) is 0 Å². The monoisotopic (exact) mass is 480 g/mol. The molecule has 11 heteroatoms. The highest BCUT2D eigenvalue weighted by molar-refractivity contribution is 7.87. The molecule has 0 radical (unpaired) electrons. The van der Waals surface area contributed by atoms with Crippen LogP contribution >= 0.6 is 22.9 Å². The average Bonchev–Trinajstić information content (AvgIpc) is 3.23. The fourth-order valence-corrected chi connectivity index (χ4v) is 5.79. The Morgan fingerprint density at radius 1 is 1.32 bits per heavy atom. The SMILES string of the molecule is CN1C(C(=O)Nc2ccc(F)c(Cl)c2)C[C@H](c2cc(-c3ccccn3)cs2)NS1(=O)=O. The highest BCUT2D eigenvalue weighted by Gasteiger charge is 2.41. The van der Waals surface area contributed by atoms with Gasteiger partial charge in [-0.1, -0.05) is 17.7 Å². The summed E-state index contributed by atoms with van der Waals surface area (Å²) in [5.74, 6) is -1.13. The summed E-state index contributed by atoms with van der Waals surface area (Å²) in [5, 5.41) is 4.39.